The van der Waals surface area contributed by atoms with Gasteiger partial charge >= 0.3 is 5.97 Å². The summed E-state index contributed by atoms with van der Waals surface area (Å²) < 4.78 is 15.8. The van der Waals surface area contributed by atoms with Crippen molar-refractivity contribution in [3.8, 4) is 0 Å². The topological polar surface area (TPSA) is 73.9 Å². The average molecular weight is 361 g/mol. The highest BCUT2D eigenvalue weighted by Gasteiger charge is 2.49. The average Bonchev–Trinajstić information content (AvgIpc) is 3.14. The Hall–Kier alpha value is -2.44. The van der Waals surface area contributed by atoms with Gasteiger partial charge in [0, 0.05) is 16.8 Å². The zero-order valence-electron chi connectivity index (χ0n) is 13.8. The lowest BCUT2D eigenvalue weighted by molar-refractivity contribution is -0.152. The quantitative estimate of drug-likeness (QED) is 0.765. The number of benzene rings is 1. The zero-order chi connectivity index (χ0) is 17.9. The third kappa shape index (κ3) is 3.36. The lowest BCUT2D eigenvalue weighted by Gasteiger charge is -2.36. The molecular weight excluding hydrogens is 344 g/mol. The summed E-state index contributed by atoms with van der Waals surface area (Å²) in [6.07, 6.45) is 5.73. The second-order valence-corrected chi connectivity index (χ2v) is 6.17. The van der Waals surface area contributed by atoms with Gasteiger partial charge in [-0.1, -0.05) is 35.0 Å². The Morgan fingerprint density at radius 1 is 1.36 bits per heavy atom. The standard InChI is InChI=1S/C18H17ClN2O4/c1-12-7-18(17(22)23-2,14-3-5-15(19)6-4-14)16(20-8-12)24-10-13-9-21-25-11-13/h3-9,11,16H,10H2,1-2H3. The van der Waals surface area contributed by atoms with E-state index in [0.29, 0.717) is 10.6 Å². The second-order valence-electron chi connectivity index (χ2n) is 5.73. The van der Waals surface area contributed by atoms with Crippen LogP contribution in [0.2, 0.25) is 5.02 Å². The first-order chi connectivity index (χ1) is 12.1. The Balaban J connectivity index is 2.02. The highest BCUT2D eigenvalue weighted by molar-refractivity contribution is 6.30. The summed E-state index contributed by atoms with van der Waals surface area (Å²) in [6, 6.07) is 7.00. The predicted molar refractivity (Wildman–Crippen MR) is 92.5 cm³/mol. The second kappa shape index (κ2) is 7.21. The minimum absolute atomic E-state index is 0.199. The number of hydrogen-bond donors (Lipinski definition) is 0. The number of ether oxygens (including phenoxy) is 2. The van der Waals surface area contributed by atoms with Crippen molar-refractivity contribution >= 4 is 23.8 Å². The van der Waals surface area contributed by atoms with Crippen LogP contribution < -0.4 is 0 Å². The third-order valence-corrected chi connectivity index (χ3v) is 4.25. The largest absolute Gasteiger partial charge is 0.468 e. The number of hydrogen-bond acceptors (Lipinski definition) is 6. The van der Waals surface area contributed by atoms with Crippen molar-refractivity contribution in [3.05, 3.63) is 64.5 Å². The minimum Gasteiger partial charge on any atom is -0.468 e. The molecule has 0 N–H and O–H groups in total. The molecule has 2 unspecified atom stereocenters. The smallest absolute Gasteiger partial charge is 0.324 e. The molecule has 0 fully saturated rings. The summed E-state index contributed by atoms with van der Waals surface area (Å²) in [6.45, 7) is 2.07. The molecule has 1 aromatic carbocycles. The zero-order valence-corrected chi connectivity index (χ0v) is 14.6. The Labute approximate surface area is 150 Å². The van der Waals surface area contributed by atoms with Gasteiger partial charge in [-0.25, -0.2) is 0 Å². The lowest BCUT2D eigenvalue weighted by atomic mass is 9.76. The van der Waals surface area contributed by atoms with Crippen molar-refractivity contribution in [1.82, 2.24) is 5.16 Å². The molecular formula is C18H17ClN2O4. The molecule has 7 heteroatoms. The molecule has 3 rings (SSSR count). The van der Waals surface area contributed by atoms with Gasteiger partial charge in [-0.3, -0.25) is 9.79 Å². The molecule has 0 radical (unpaired) electrons. The molecule has 130 valence electrons. The van der Waals surface area contributed by atoms with Gasteiger partial charge in [0.2, 0.25) is 0 Å². The van der Waals surface area contributed by atoms with Crippen LogP contribution in [0.1, 0.15) is 18.1 Å². The number of dihydropyridines is 1. The van der Waals surface area contributed by atoms with E-state index in [1.54, 1.807) is 36.7 Å². The van der Waals surface area contributed by atoms with Gasteiger partial charge in [0.05, 0.1) is 19.9 Å². The Morgan fingerprint density at radius 2 is 2.12 bits per heavy atom. The van der Waals surface area contributed by atoms with Crippen LogP contribution in [0.4, 0.5) is 0 Å². The van der Waals surface area contributed by atoms with E-state index in [2.05, 4.69) is 10.1 Å². The number of nitrogens with zero attached hydrogens (tertiary/aromatic N) is 2. The van der Waals surface area contributed by atoms with E-state index in [0.717, 1.165) is 11.1 Å². The first-order valence-corrected chi connectivity index (χ1v) is 8.01. The molecule has 0 spiro atoms. The van der Waals surface area contributed by atoms with E-state index in [9.17, 15) is 4.79 Å². The number of esters is 1. The van der Waals surface area contributed by atoms with Gasteiger partial charge in [-0.2, -0.15) is 0 Å². The first-order valence-electron chi connectivity index (χ1n) is 7.63. The molecule has 0 bridgehead atoms. The van der Waals surface area contributed by atoms with Crippen molar-refractivity contribution in [2.45, 2.75) is 25.2 Å². The Morgan fingerprint density at radius 3 is 2.76 bits per heavy atom. The van der Waals surface area contributed by atoms with Crippen LogP contribution in [0, 0.1) is 0 Å². The molecule has 1 aliphatic heterocycles. The minimum atomic E-state index is -1.20. The van der Waals surface area contributed by atoms with Gasteiger partial charge in [0.1, 0.15) is 6.26 Å². The van der Waals surface area contributed by atoms with Crippen LogP contribution in [0.25, 0.3) is 0 Å². The number of methoxy groups -OCH3 is 1. The third-order valence-electron chi connectivity index (χ3n) is 3.99. The van der Waals surface area contributed by atoms with Gasteiger partial charge < -0.3 is 14.0 Å². The normalized spacial score (nSPS) is 22.5. The number of carbonyl (C=O) groups is 1. The van der Waals surface area contributed by atoms with Crippen molar-refractivity contribution in [1.29, 1.82) is 0 Å². The molecule has 6 nitrogen and oxygen atoms in total. The fourth-order valence-corrected chi connectivity index (χ4v) is 2.94. The number of aromatic nitrogens is 1. The lowest BCUT2D eigenvalue weighted by Crippen LogP contribution is -2.48. The van der Waals surface area contributed by atoms with Crippen LogP contribution >= 0.6 is 11.6 Å². The molecule has 1 aliphatic rings. The van der Waals surface area contributed by atoms with Gasteiger partial charge in [-0.15, -0.1) is 0 Å². The van der Waals surface area contributed by atoms with Crippen LogP contribution in [-0.4, -0.2) is 30.7 Å². The van der Waals surface area contributed by atoms with Crippen molar-refractivity contribution in [2.24, 2.45) is 4.99 Å². The van der Waals surface area contributed by atoms with Crippen LogP contribution in [0.3, 0.4) is 0 Å². The molecule has 2 heterocycles. The molecule has 0 amide bonds. The molecule has 0 saturated carbocycles. The maximum Gasteiger partial charge on any atom is 0.324 e. The molecule has 2 atom stereocenters. The molecule has 25 heavy (non-hydrogen) atoms. The maximum absolute atomic E-state index is 12.8. The SMILES string of the molecule is COC(=O)C1(c2ccc(Cl)cc2)C=C(C)C=NC1OCc1cnoc1. The summed E-state index contributed by atoms with van der Waals surface area (Å²) in [4.78, 5) is 17.2. The van der Waals surface area contributed by atoms with Crippen LogP contribution in [-0.2, 0) is 26.3 Å². The number of halogens is 1. The Kier molecular flexibility index (Phi) is 5.01. The van der Waals surface area contributed by atoms with Crippen molar-refractivity contribution in [3.63, 3.8) is 0 Å². The Bertz CT molecular complexity index is 799. The fraction of sp³-hybridized carbons (Fsp3) is 0.278. The summed E-state index contributed by atoms with van der Waals surface area (Å²) in [5.74, 6) is -0.457. The maximum atomic E-state index is 12.8. The molecule has 0 aliphatic carbocycles. The van der Waals surface area contributed by atoms with E-state index in [4.69, 9.17) is 25.6 Å². The molecule has 0 saturated heterocycles. The van der Waals surface area contributed by atoms with Crippen LogP contribution in [0.15, 0.2) is 57.9 Å². The van der Waals surface area contributed by atoms with Gasteiger partial charge in [0.25, 0.3) is 0 Å². The number of allylic oxidation sites excluding steroid dienone is 1. The van der Waals surface area contributed by atoms with Crippen LogP contribution in [0.5, 0.6) is 0 Å². The van der Waals surface area contributed by atoms with Gasteiger partial charge in [-0.05, 0) is 30.2 Å². The monoisotopic (exact) mass is 360 g/mol. The highest BCUT2D eigenvalue weighted by Crippen LogP contribution is 2.38. The number of carbonyl (C=O) groups excluding carboxylic acids is 1. The van der Waals surface area contributed by atoms with Crippen molar-refractivity contribution < 1.29 is 18.8 Å². The van der Waals surface area contributed by atoms with E-state index >= 15 is 0 Å². The highest BCUT2D eigenvalue weighted by atomic mass is 35.5. The summed E-state index contributed by atoms with van der Waals surface area (Å²) in [5.41, 5.74) is 1.08. The molecule has 2 aromatic rings. The predicted octanol–water partition coefficient (Wildman–Crippen LogP) is 3.31. The van der Waals surface area contributed by atoms with E-state index in [-0.39, 0.29) is 6.61 Å². The summed E-state index contributed by atoms with van der Waals surface area (Å²) in [7, 11) is 1.35. The van der Waals surface area contributed by atoms with E-state index < -0.39 is 17.6 Å². The van der Waals surface area contributed by atoms with Gasteiger partial charge in [0.15, 0.2) is 11.6 Å². The first kappa shape index (κ1) is 17.4. The fourth-order valence-electron chi connectivity index (χ4n) is 2.82. The summed E-state index contributed by atoms with van der Waals surface area (Å²) >= 11 is 5.99. The summed E-state index contributed by atoms with van der Waals surface area (Å²) in [5, 5.41) is 4.22. The van der Waals surface area contributed by atoms with E-state index in [1.165, 1.54) is 13.4 Å². The number of aliphatic imine (C=N–C) groups is 1. The molecule has 1 aromatic heterocycles. The number of rotatable bonds is 5. The van der Waals surface area contributed by atoms with Crippen molar-refractivity contribution in [2.75, 3.05) is 7.11 Å². The van der Waals surface area contributed by atoms with E-state index in [1.807, 2.05) is 13.0 Å².